The van der Waals surface area contributed by atoms with E-state index in [0.717, 1.165) is 24.8 Å². The van der Waals surface area contributed by atoms with Crippen LogP contribution >= 0.6 is 11.6 Å². The van der Waals surface area contributed by atoms with Gasteiger partial charge in [0.15, 0.2) is 15.7 Å². The van der Waals surface area contributed by atoms with Gasteiger partial charge in [-0.2, -0.15) is 4.98 Å². The van der Waals surface area contributed by atoms with Gasteiger partial charge in [0.2, 0.25) is 5.95 Å². The van der Waals surface area contributed by atoms with Gasteiger partial charge in [-0.1, -0.05) is 41.9 Å². The van der Waals surface area contributed by atoms with E-state index in [1.807, 2.05) is 24.3 Å². The number of carboxylic acids is 1. The van der Waals surface area contributed by atoms with E-state index in [2.05, 4.69) is 16.3 Å². The van der Waals surface area contributed by atoms with Gasteiger partial charge in [0.1, 0.15) is 4.90 Å². The third-order valence-electron chi connectivity index (χ3n) is 7.48. The molecule has 1 aromatic heterocycles. The summed E-state index contributed by atoms with van der Waals surface area (Å²) in [5.74, 6) is -0.0139. The maximum atomic E-state index is 13.1. The van der Waals surface area contributed by atoms with Gasteiger partial charge in [0.05, 0.1) is 23.9 Å². The number of fused-ring (bicyclic) bond motifs is 3. The summed E-state index contributed by atoms with van der Waals surface area (Å²) in [5, 5.41) is 13.0. The van der Waals surface area contributed by atoms with Crippen LogP contribution in [0.5, 0.6) is 0 Å². The van der Waals surface area contributed by atoms with Crippen LogP contribution < -0.4 is 10.2 Å². The number of carbonyl (C=O) groups is 1. The van der Waals surface area contributed by atoms with Gasteiger partial charge in [-0.15, -0.1) is 0 Å². The molecular formula is C28H27ClN4O4S. The molecule has 8 nitrogen and oxygen atoms in total. The topological polar surface area (TPSA) is 112 Å². The predicted octanol–water partition coefficient (Wildman–Crippen LogP) is 5.05. The van der Waals surface area contributed by atoms with Crippen LogP contribution in [-0.4, -0.2) is 47.3 Å². The number of sulfone groups is 1. The first-order valence-corrected chi connectivity index (χ1v) is 14.8. The first kappa shape index (κ1) is 24.9. The Labute approximate surface area is 226 Å². The molecule has 2 atom stereocenters. The van der Waals surface area contributed by atoms with Crippen LogP contribution in [0, 0.1) is 0 Å². The van der Waals surface area contributed by atoms with Crippen molar-refractivity contribution >= 4 is 50.4 Å². The molecule has 2 bridgehead atoms. The molecule has 2 N–H and O–H groups in total. The van der Waals surface area contributed by atoms with Crippen LogP contribution in [-0.2, 0) is 27.5 Å². The Bertz CT molecular complexity index is 1540. The van der Waals surface area contributed by atoms with Gasteiger partial charge in [-0.25, -0.2) is 13.4 Å². The fourth-order valence-electron chi connectivity index (χ4n) is 5.75. The van der Waals surface area contributed by atoms with Crippen LogP contribution in [0.3, 0.4) is 0 Å². The van der Waals surface area contributed by atoms with E-state index < -0.39 is 15.8 Å². The van der Waals surface area contributed by atoms with E-state index in [1.54, 1.807) is 24.3 Å². The summed E-state index contributed by atoms with van der Waals surface area (Å²) in [5.41, 5.74) is 4.30. The quantitative estimate of drug-likeness (QED) is 0.438. The van der Waals surface area contributed by atoms with Crippen molar-refractivity contribution < 1.29 is 18.3 Å². The molecule has 0 spiro atoms. The highest BCUT2D eigenvalue weighted by Crippen LogP contribution is 2.42. The zero-order valence-corrected chi connectivity index (χ0v) is 22.2. The van der Waals surface area contributed by atoms with Crippen LogP contribution in [0.25, 0.3) is 5.57 Å². The summed E-state index contributed by atoms with van der Waals surface area (Å²) in [6.07, 6.45) is 6.14. The Morgan fingerprint density at radius 3 is 2.55 bits per heavy atom. The molecule has 4 heterocycles. The van der Waals surface area contributed by atoms with Crippen molar-refractivity contribution in [3.8, 4) is 0 Å². The molecule has 6 rings (SSSR count). The molecular weight excluding hydrogens is 524 g/mol. The van der Waals surface area contributed by atoms with Gasteiger partial charge in [0.25, 0.3) is 0 Å². The smallest absolute Gasteiger partial charge is 0.307 e. The summed E-state index contributed by atoms with van der Waals surface area (Å²) in [6, 6.07) is 15.2. The van der Waals surface area contributed by atoms with Gasteiger partial charge < -0.3 is 15.3 Å². The Morgan fingerprint density at radius 2 is 1.84 bits per heavy atom. The standard InChI is InChI=1S/C28H27ClN4O4S/c29-20-7-5-18(6-8-20)19-15-22-11-12-23(16-19)33(22)28-31-24-2-1-13-38(36,37)26(24)27(32-28)30-21-9-3-17(4-10-21)14-25(34)35/h3-10,15,22-23H,1-2,11-14,16H2,(H,34,35)(H,30,31,32). The number of hydrogen-bond donors (Lipinski definition) is 2. The van der Waals surface area contributed by atoms with Crippen molar-refractivity contribution in [2.45, 2.75) is 55.5 Å². The Kier molecular flexibility index (Phi) is 6.36. The lowest BCUT2D eigenvalue weighted by Gasteiger charge is -2.35. The van der Waals surface area contributed by atoms with E-state index in [4.69, 9.17) is 26.7 Å². The lowest BCUT2D eigenvalue weighted by Crippen LogP contribution is -2.40. The average molecular weight is 551 g/mol. The normalized spacial score (nSPS) is 21.5. The second kappa shape index (κ2) is 9.71. The average Bonchev–Trinajstić information content (AvgIpc) is 3.14. The third kappa shape index (κ3) is 4.76. The fourth-order valence-corrected chi connectivity index (χ4v) is 7.50. The molecule has 0 saturated carbocycles. The zero-order chi connectivity index (χ0) is 26.4. The van der Waals surface area contributed by atoms with Gasteiger partial charge >= 0.3 is 5.97 Å². The molecule has 2 aromatic carbocycles. The largest absolute Gasteiger partial charge is 0.481 e. The number of hydrogen-bond acceptors (Lipinski definition) is 7. The van der Waals surface area contributed by atoms with E-state index in [9.17, 15) is 13.2 Å². The zero-order valence-electron chi connectivity index (χ0n) is 20.6. The van der Waals surface area contributed by atoms with Crippen molar-refractivity contribution in [2.24, 2.45) is 0 Å². The maximum absolute atomic E-state index is 13.1. The molecule has 3 aliphatic heterocycles. The Morgan fingerprint density at radius 1 is 1.08 bits per heavy atom. The van der Waals surface area contributed by atoms with Crippen molar-refractivity contribution in [1.82, 2.24) is 9.97 Å². The van der Waals surface area contributed by atoms with Gasteiger partial charge in [-0.3, -0.25) is 4.79 Å². The van der Waals surface area contributed by atoms with Gasteiger partial charge in [-0.05, 0) is 73.1 Å². The second-order valence-corrected chi connectivity index (χ2v) is 12.6. The number of halogens is 1. The minimum absolute atomic E-state index is 0.0666. The molecule has 0 amide bonds. The summed E-state index contributed by atoms with van der Waals surface area (Å²) >= 11 is 6.09. The monoisotopic (exact) mass is 550 g/mol. The highest BCUT2D eigenvalue weighted by Gasteiger charge is 2.40. The van der Waals surface area contributed by atoms with Crippen molar-refractivity contribution in [3.63, 3.8) is 0 Å². The summed E-state index contributed by atoms with van der Waals surface area (Å²) < 4.78 is 26.2. The van der Waals surface area contributed by atoms with Crippen LogP contribution in [0.2, 0.25) is 5.02 Å². The van der Waals surface area contributed by atoms with Crippen LogP contribution in [0.15, 0.2) is 59.5 Å². The Hall–Kier alpha value is -3.43. The predicted molar refractivity (Wildman–Crippen MR) is 147 cm³/mol. The Balaban J connectivity index is 1.36. The number of nitrogens with zero attached hydrogens (tertiary/aromatic N) is 3. The highest BCUT2D eigenvalue weighted by atomic mass is 35.5. The van der Waals surface area contributed by atoms with E-state index in [1.165, 1.54) is 5.57 Å². The first-order valence-electron chi connectivity index (χ1n) is 12.7. The fraction of sp³-hybridized carbons (Fsp3) is 0.321. The number of rotatable bonds is 6. The number of aryl methyl sites for hydroxylation is 1. The number of anilines is 3. The van der Waals surface area contributed by atoms with E-state index in [-0.39, 0.29) is 35.0 Å². The molecule has 2 unspecified atom stereocenters. The number of aliphatic carboxylic acids is 1. The highest BCUT2D eigenvalue weighted by molar-refractivity contribution is 7.91. The molecule has 0 radical (unpaired) electrons. The molecule has 3 aliphatic rings. The summed E-state index contributed by atoms with van der Waals surface area (Å²) in [7, 11) is -3.53. The van der Waals surface area contributed by atoms with Crippen LogP contribution in [0.4, 0.5) is 17.5 Å². The molecule has 196 valence electrons. The lowest BCUT2D eigenvalue weighted by atomic mass is 9.95. The number of benzene rings is 2. The number of carboxylic acid groups (broad SMARTS) is 1. The molecule has 3 aromatic rings. The molecule has 38 heavy (non-hydrogen) atoms. The summed E-state index contributed by atoms with van der Waals surface area (Å²) in [4.78, 5) is 23.1. The molecule has 10 heteroatoms. The van der Waals surface area contributed by atoms with Crippen molar-refractivity contribution in [2.75, 3.05) is 16.0 Å². The lowest BCUT2D eigenvalue weighted by molar-refractivity contribution is -0.136. The second-order valence-electron chi connectivity index (χ2n) is 10.1. The first-order chi connectivity index (χ1) is 18.3. The SMILES string of the molecule is O=C(O)Cc1ccc(Nc2nc(N3C4C=C(c5ccc(Cl)cc5)CC3CC4)nc3c2S(=O)(=O)CCC3)cc1. The molecule has 1 saturated heterocycles. The summed E-state index contributed by atoms with van der Waals surface area (Å²) in [6.45, 7) is 0. The third-order valence-corrected chi connectivity index (χ3v) is 9.60. The van der Waals surface area contributed by atoms with Gasteiger partial charge in [0, 0.05) is 16.8 Å². The minimum Gasteiger partial charge on any atom is -0.481 e. The molecule has 1 fully saturated rings. The maximum Gasteiger partial charge on any atom is 0.307 e. The number of aromatic nitrogens is 2. The van der Waals surface area contributed by atoms with Crippen LogP contribution in [0.1, 0.15) is 42.5 Å². The van der Waals surface area contributed by atoms with Crippen molar-refractivity contribution in [3.05, 3.63) is 76.5 Å². The number of nitrogens with one attached hydrogen (secondary N) is 1. The van der Waals surface area contributed by atoms with Crippen molar-refractivity contribution in [1.29, 1.82) is 0 Å². The minimum atomic E-state index is -3.53. The van der Waals surface area contributed by atoms with E-state index in [0.29, 0.717) is 40.8 Å². The molecule has 0 aliphatic carbocycles. The van der Waals surface area contributed by atoms with E-state index >= 15 is 0 Å².